The minimum absolute atomic E-state index is 0.0595. The fraction of sp³-hybridized carbons (Fsp3) is 0.909. The first-order valence-corrected chi connectivity index (χ1v) is 5.58. The molecule has 0 saturated heterocycles. The lowest BCUT2D eigenvalue weighted by Crippen LogP contribution is -2.60. The van der Waals surface area contributed by atoms with Crippen molar-refractivity contribution in [2.75, 3.05) is 6.61 Å². The Labute approximate surface area is 91.2 Å². The Morgan fingerprint density at radius 1 is 1.53 bits per heavy atom. The number of hydrogen-bond acceptors (Lipinski definition) is 3. The molecule has 0 aromatic carbocycles. The zero-order chi connectivity index (χ0) is 11.7. The molecule has 88 valence electrons. The van der Waals surface area contributed by atoms with Crippen LogP contribution in [0.3, 0.4) is 0 Å². The molecule has 15 heavy (non-hydrogen) atoms. The number of nitrogens with two attached hydrogens (primary N) is 1. The van der Waals surface area contributed by atoms with Crippen LogP contribution in [-0.4, -0.2) is 28.7 Å². The van der Waals surface area contributed by atoms with Gasteiger partial charge in [-0.25, -0.2) is 0 Å². The Morgan fingerprint density at radius 2 is 2.07 bits per heavy atom. The molecule has 0 aliphatic heterocycles. The second-order valence-electron chi connectivity index (χ2n) is 5.08. The standard InChI is InChI=1S/C11H22N2O2/c1-4-10(2,7-14)13-9(15)11(3,12)8-5-6-8/h8,14H,4-7,12H2,1-3H3,(H,13,15). The minimum atomic E-state index is -0.786. The topological polar surface area (TPSA) is 75.3 Å². The van der Waals surface area contributed by atoms with E-state index >= 15 is 0 Å². The number of amides is 1. The first kappa shape index (κ1) is 12.5. The van der Waals surface area contributed by atoms with E-state index in [4.69, 9.17) is 5.73 Å². The highest BCUT2D eigenvalue weighted by molar-refractivity contribution is 5.87. The van der Waals surface area contributed by atoms with E-state index < -0.39 is 11.1 Å². The van der Waals surface area contributed by atoms with Crippen LogP contribution >= 0.6 is 0 Å². The average molecular weight is 214 g/mol. The largest absolute Gasteiger partial charge is 0.394 e. The highest BCUT2D eigenvalue weighted by Gasteiger charge is 2.45. The van der Waals surface area contributed by atoms with Gasteiger partial charge in [0.1, 0.15) is 0 Å². The molecular weight excluding hydrogens is 192 g/mol. The Morgan fingerprint density at radius 3 is 2.40 bits per heavy atom. The van der Waals surface area contributed by atoms with Crippen molar-refractivity contribution in [3.63, 3.8) is 0 Å². The molecule has 1 aliphatic rings. The average Bonchev–Trinajstić information content (AvgIpc) is 3.00. The predicted molar refractivity (Wildman–Crippen MR) is 59.2 cm³/mol. The third kappa shape index (κ3) is 2.69. The molecule has 0 radical (unpaired) electrons. The van der Waals surface area contributed by atoms with Crippen LogP contribution in [0, 0.1) is 5.92 Å². The molecule has 1 amide bonds. The van der Waals surface area contributed by atoms with Gasteiger partial charge in [-0.05, 0) is 39.0 Å². The fourth-order valence-electron chi connectivity index (χ4n) is 1.52. The maximum atomic E-state index is 11.9. The zero-order valence-corrected chi connectivity index (χ0v) is 9.84. The number of rotatable bonds is 5. The molecule has 2 unspecified atom stereocenters. The number of nitrogens with one attached hydrogen (secondary N) is 1. The van der Waals surface area contributed by atoms with Crippen LogP contribution in [-0.2, 0) is 4.79 Å². The first-order valence-electron chi connectivity index (χ1n) is 5.58. The molecule has 4 heteroatoms. The van der Waals surface area contributed by atoms with Crippen LogP contribution < -0.4 is 11.1 Å². The normalized spacial score (nSPS) is 24.1. The summed E-state index contributed by atoms with van der Waals surface area (Å²) in [5.74, 6) is 0.153. The molecule has 4 N–H and O–H groups in total. The molecule has 1 fully saturated rings. The van der Waals surface area contributed by atoms with Gasteiger partial charge in [0, 0.05) is 0 Å². The van der Waals surface area contributed by atoms with E-state index in [1.807, 2.05) is 13.8 Å². The van der Waals surface area contributed by atoms with Gasteiger partial charge in [0.15, 0.2) is 0 Å². The van der Waals surface area contributed by atoms with Gasteiger partial charge in [-0.3, -0.25) is 4.79 Å². The monoisotopic (exact) mass is 214 g/mol. The summed E-state index contributed by atoms with van der Waals surface area (Å²) in [4.78, 5) is 11.9. The second kappa shape index (κ2) is 4.10. The van der Waals surface area contributed by atoms with Crippen LogP contribution in [0.2, 0.25) is 0 Å². The lowest BCUT2D eigenvalue weighted by atomic mass is 9.92. The number of carbonyl (C=O) groups excluding carboxylic acids is 1. The highest BCUT2D eigenvalue weighted by Crippen LogP contribution is 2.38. The summed E-state index contributed by atoms with van der Waals surface area (Å²) in [5.41, 5.74) is 4.65. The summed E-state index contributed by atoms with van der Waals surface area (Å²) in [7, 11) is 0. The molecule has 1 rings (SSSR count). The van der Waals surface area contributed by atoms with E-state index in [-0.39, 0.29) is 12.5 Å². The molecule has 0 heterocycles. The molecule has 2 atom stereocenters. The van der Waals surface area contributed by atoms with Gasteiger partial charge >= 0.3 is 0 Å². The summed E-state index contributed by atoms with van der Waals surface area (Å²) in [6.45, 7) is 5.47. The van der Waals surface area contributed by atoms with E-state index in [1.165, 1.54) is 0 Å². The smallest absolute Gasteiger partial charge is 0.240 e. The number of aliphatic hydroxyl groups excluding tert-OH is 1. The fourth-order valence-corrected chi connectivity index (χ4v) is 1.52. The maximum absolute atomic E-state index is 11.9. The molecule has 0 spiro atoms. The van der Waals surface area contributed by atoms with Gasteiger partial charge in [0.25, 0.3) is 0 Å². The third-order valence-electron chi connectivity index (χ3n) is 3.46. The van der Waals surface area contributed by atoms with Crippen LogP contribution in [0.25, 0.3) is 0 Å². The van der Waals surface area contributed by atoms with Crippen molar-refractivity contribution in [1.29, 1.82) is 0 Å². The maximum Gasteiger partial charge on any atom is 0.240 e. The number of carbonyl (C=O) groups is 1. The first-order chi connectivity index (χ1) is 6.85. The summed E-state index contributed by atoms with van der Waals surface area (Å²) in [5, 5.41) is 12.0. The van der Waals surface area contributed by atoms with Gasteiger partial charge in [0.2, 0.25) is 5.91 Å². The Kier molecular flexibility index (Phi) is 3.41. The summed E-state index contributed by atoms with van der Waals surface area (Å²) < 4.78 is 0. The van der Waals surface area contributed by atoms with Crippen molar-refractivity contribution in [2.24, 2.45) is 11.7 Å². The van der Waals surface area contributed by atoms with E-state index in [0.29, 0.717) is 12.3 Å². The van der Waals surface area contributed by atoms with Crippen LogP contribution in [0.15, 0.2) is 0 Å². The van der Waals surface area contributed by atoms with Crippen LogP contribution in [0.1, 0.15) is 40.0 Å². The van der Waals surface area contributed by atoms with Crippen molar-refractivity contribution in [2.45, 2.75) is 51.1 Å². The SMILES string of the molecule is CCC(C)(CO)NC(=O)C(C)(N)C1CC1. The molecule has 0 bridgehead atoms. The van der Waals surface area contributed by atoms with Crippen LogP contribution in [0.5, 0.6) is 0 Å². The Bertz CT molecular complexity index is 243. The zero-order valence-electron chi connectivity index (χ0n) is 9.84. The Balaban J connectivity index is 2.61. The predicted octanol–water partition coefficient (Wildman–Crippen LogP) is 0.391. The molecule has 0 aromatic heterocycles. The quantitative estimate of drug-likeness (QED) is 0.619. The van der Waals surface area contributed by atoms with Crippen molar-refractivity contribution < 1.29 is 9.90 Å². The van der Waals surface area contributed by atoms with Crippen molar-refractivity contribution in [1.82, 2.24) is 5.32 Å². The highest BCUT2D eigenvalue weighted by atomic mass is 16.3. The molecule has 1 saturated carbocycles. The van der Waals surface area contributed by atoms with Gasteiger partial charge in [0.05, 0.1) is 17.7 Å². The minimum Gasteiger partial charge on any atom is -0.394 e. The van der Waals surface area contributed by atoms with E-state index in [0.717, 1.165) is 12.8 Å². The number of hydrogen-bond donors (Lipinski definition) is 3. The van der Waals surface area contributed by atoms with Gasteiger partial charge in [-0.2, -0.15) is 0 Å². The number of aliphatic hydroxyl groups is 1. The van der Waals surface area contributed by atoms with E-state index in [1.54, 1.807) is 6.92 Å². The third-order valence-corrected chi connectivity index (χ3v) is 3.46. The van der Waals surface area contributed by atoms with Crippen molar-refractivity contribution >= 4 is 5.91 Å². The molecular formula is C11H22N2O2. The Hall–Kier alpha value is -0.610. The van der Waals surface area contributed by atoms with Crippen LogP contribution in [0.4, 0.5) is 0 Å². The second-order valence-corrected chi connectivity index (χ2v) is 5.08. The summed E-state index contributed by atoms with van der Waals surface area (Å²) in [6, 6.07) is 0. The van der Waals surface area contributed by atoms with E-state index in [2.05, 4.69) is 5.32 Å². The van der Waals surface area contributed by atoms with E-state index in [9.17, 15) is 9.90 Å². The lowest BCUT2D eigenvalue weighted by molar-refractivity contribution is -0.129. The van der Waals surface area contributed by atoms with Gasteiger partial charge < -0.3 is 16.2 Å². The molecule has 4 nitrogen and oxygen atoms in total. The van der Waals surface area contributed by atoms with Gasteiger partial charge in [-0.1, -0.05) is 6.92 Å². The van der Waals surface area contributed by atoms with Crippen molar-refractivity contribution in [3.05, 3.63) is 0 Å². The molecule has 0 aromatic rings. The summed E-state index contributed by atoms with van der Waals surface area (Å²) >= 11 is 0. The molecule has 1 aliphatic carbocycles. The van der Waals surface area contributed by atoms with Gasteiger partial charge in [-0.15, -0.1) is 0 Å². The lowest BCUT2D eigenvalue weighted by Gasteiger charge is -2.32. The van der Waals surface area contributed by atoms with Crippen molar-refractivity contribution in [3.8, 4) is 0 Å². The summed E-state index contributed by atoms with van der Waals surface area (Å²) in [6.07, 6.45) is 2.75.